The van der Waals surface area contributed by atoms with Crippen LogP contribution in [-0.4, -0.2) is 31.0 Å². The third-order valence-corrected chi connectivity index (χ3v) is 5.92. The number of nitrogens with zero attached hydrogens (tertiary/aromatic N) is 5. The van der Waals surface area contributed by atoms with E-state index in [1.165, 1.54) is 11.8 Å². The van der Waals surface area contributed by atoms with Crippen LogP contribution in [0.1, 0.15) is 22.6 Å². The van der Waals surface area contributed by atoms with Crippen molar-refractivity contribution in [2.75, 3.05) is 11.1 Å². The van der Waals surface area contributed by atoms with Crippen molar-refractivity contribution in [3.8, 4) is 11.8 Å². The minimum Gasteiger partial charge on any atom is -0.467 e. The molecule has 0 bridgehead atoms. The topological polar surface area (TPSA) is 102 Å². The Morgan fingerprint density at radius 1 is 1.23 bits per heavy atom. The molecule has 4 aromatic rings. The highest BCUT2D eigenvalue weighted by molar-refractivity contribution is 7.99. The Morgan fingerprint density at radius 3 is 2.74 bits per heavy atom. The van der Waals surface area contributed by atoms with Gasteiger partial charge in [-0.3, -0.25) is 9.36 Å². The quantitative estimate of drug-likeness (QED) is 0.444. The molecule has 0 aliphatic heterocycles. The van der Waals surface area contributed by atoms with Gasteiger partial charge in [0.05, 0.1) is 24.1 Å². The third kappa shape index (κ3) is 4.25. The fraction of sp³-hybridized carbons (Fsp3) is 0.182. The van der Waals surface area contributed by atoms with E-state index in [4.69, 9.17) is 4.42 Å². The molecule has 1 N–H and O–H groups in total. The SMILES string of the molecule is Cc1c(C#N)c(NC(=O)CSc2nncn2-c2ccccc2)n(Cc2ccco2)c1C. The molecule has 0 saturated heterocycles. The zero-order chi connectivity index (χ0) is 21.8. The summed E-state index contributed by atoms with van der Waals surface area (Å²) in [5, 5.41) is 21.3. The summed E-state index contributed by atoms with van der Waals surface area (Å²) in [6.07, 6.45) is 3.22. The van der Waals surface area contributed by atoms with Crippen LogP contribution in [0.25, 0.3) is 5.69 Å². The van der Waals surface area contributed by atoms with Crippen LogP contribution in [0, 0.1) is 25.2 Å². The zero-order valence-electron chi connectivity index (χ0n) is 17.1. The number of nitriles is 1. The lowest BCUT2D eigenvalue weighted by Crippen LogP contribution is -2.18. The van der Waals surface area contributed by atoms with Gasteiger partial charge < -0.3 is 14.3 Å². The molecule has 3 aromatic heterocycles. The maximum Gasteiger partial charge on any atom is 0.235 e. The van der Waals surface area contributed by atoms with Gasteiger partial charge in [0, 0.05) is 11.4 Å². The van der Waals surface area contributed by atoms with Gasteiger partial charge >= 0.3 is 0 Å². The molecule has 156 valence electrons. The lowest BCUT2D eigenvalue weighted by atomic mass is 10.2. The highest BCUT2D eigenvalue weighted by atomic mass is 32.2. The number of rotatable bonds is 7. The predicted octanol–water partition coefficient (Wildman–Crippen LogP) is 3.93. The molecule has 8 nitrogen and oxygen atoms in total. The van der Waals surface area contributed by atoms with E-state index in [1.807, 2.05) is 65.4 Å². The van der Waals surface area contributed by atoms with Gasteiger partial charge in [0.2, 0.25) is 5.91 Å². The highest BCUT2D eigenvalue weighted by Crippen LogP contribution is 2.28. The number of benzene rings is 1. The first-order chi connectivity index (χ1) is 15.1. The van der Waals surface area contributed by atoms with E-state index >= 15 is 0 Å². The van der Waals surface area contributed by atoms with Crippen LogP contribution in [0.3, 0.4) is 0 Å². The Morgan fingerprint density at radius 2 is 2.03 bits per heavy atom. The van der Waals surface area contributed by atoms with Crippen molar-refractivity contribution >= 4 is 23.5 Å². The van der Waals surface area contributed by atoms with Crippen LogP contribution in [-0.2, 0) is 11.3 Å². The van der Waals surface area contributed by atoms with Gasteiger partial charge in [-0.25, -0.2) is 0 Å². The molecule has 0 spiro atoms. The molecule has 0 saturated carbocycles. The van der Waals surface area contributed by atoms with Gasteiger partial charge in [-0.1, -0.05) is 30.0 Å². The molecule has 9 heteroatoms. The number of amides is 1. The maximum atomic E-state index is 12.8. The number of thioether (sulfide) groups is 1. The second kappa shape index (κ2) is 8.93. The molecule has 4 rings (SSSR count). The van der Waals surface area contributed by atoms with Crippen molar-refractivity contribution in [1.29, 1.82) is 5.26 Å². The molecule has 3 heterocycles. The molecule has 0 aliphatic carbocycles. The Labute approximate surface area is 183 Å². The molecule has 0 aliphatic rings. The number of furan rings is 1. The lowest BCUT2D eigenvalue weighted by Gasteiger charge is -2.12. The average Bonchev–Trinajstić information content (AvgIpc) is 3.51. The van der Waals surface area contributed by atoms with Gasteiger partial charge in [0.1, 0.15) is 24.0 Å². The Bertz CT molecular complexity index is 1240. The fourth-order valence-corrected chi connectivity index (χ4v) is 4.00. The smallest absolute Gasteiger partial charge is 0.235 e. The Kier molecular flexibility index (Phi) is 5.91. The summed E-state index contributed by atoms with van der Waals surface area (Å²) in [7, 11) is 0. The second-order valence-electron chi connectivity index (χ2n) is 6.87. The predicted molar refractivity (Wildman–Crippen MR) is 117 cm³/mol. The summed E-state index contributed by atoms with van der Waals surface area (Å²) in [6.45, 7) is 4.22. The van der Waals surface area contributed by atoms with E-state index in [0.717, 1.165) is 22.7 Å². The van der Waals surface area contributed by atoms with E-state index in [1.54, 1.807) is 12.6 Å². The Hall–Kier alpha value is -3.77. The first-order valence-corrected chi connectivity index (χ1v) is 10.6. The highest BCUT2D eigenvalue weighted by Gasteiger charge is 2.21. The van der Waals surface area contributed by atoms with Gasteiger partial charge in [0.15, 0.2) is 5.16 Å². The first-order valence-electron chi connectivity index (χ1n) is 9.58. The standard InChI is InChI=1S/C22H20N6O2S/c1-15-16(2)27(12-18-9-6-10-30-18)21(19(15)11-23)25-20(29)13-31-22-26-24-14-28(22)17-7-4-3-5-8-17/h3-10,14H,12-13H2,1-2H3,(H,25,29). The third-order valence-electron chi connectivity index (χ3n) is 4.98. The molecule has 31 heavy (non-hydrogen) atoms. The van der Waals surface area contributed by atoms with Crippen molar-refractivity contribution in [2.24, 2.45) is 0 Å². The van der Waals surface area contributed by atoms with Gasteiger partial charge in [-0.2, -0.15) is 5.26 Å². The number of carbonyl (C=O) groups is 1. The van der Waals surface area contributed by atoms with Crippen molar-refractivity contribution in [1.82, 2.24) is 19.3 Å². The maximum absolute atomic E-state index is 12.8. The number of nitrogens with one attached hydrogen (secondary N) is 1. The van der Waals surface area contributed by atoms with E-state index in [2.05, 4.69) is 21.6 Å². The van der Waals surface area contributed by atoms with E-state index in [9.17, 15) is 10.1 Å². The number of para-hydroxylation sites is 1. The minimum atomic E-state index is -0.234. The molecule has 0 atom stereocenters. The summed E-state index contributed by atoms with van der Waals surface area (Å²) in [5.41, 5.74) is 3.11. The van der Waals surface area contributed by atoms with Gasteiger partial charge in [-0.05, 0) is 43.7 Å². The van der Waals surface area contributed by atoms with E-state index in [-0.39, 0.29) is 11.7 Å². The fourth-order valence-electron chi connectivity index (χ4n) is 3.27. The summed E-state index contributed by atoms with van der Waals surface area (Å²) in [5.74, 6) is 1.11. The average molecular weight is 433 g/mol. The van der Waals surface area contributed by atoms with Crippen LogP contribution in [0.2, 0.25) is 0 Å². The monoisotopic (exact) mass is 432 g/mol. The summed E-state index contributed by atoms with van der Waals surface area (Å²) in [6, 6.07) is 15.6. The molecule has 0 fully saturated rings. The van der Waals surface area contributed by atoms with Crippen LogP contribution in [0.15, 0.2) is 64.6 Å². The van der Waals surface area contributed by atoms with Gasteiger partial charge in [-0.15, -0.1) is 10.2 Å². The van der Waals surface area contributed by atoms with E-state index < -0.39 is 0 Å². The van der Waals surface area contributed by atoms with Crippen molar-refractivity contribution in [2.45, 2.75) is 25.5 Å². The second-order valence-corrected chi connectivity index (χ2v) is 7.81. The van der Waals surface area contributed by atoms with Crippen molar-refractivity contribution in [3.63, 3.8) is 0 Å². The first kappa shape index (κ1) is 20.5. The van der Waals surface area contributed by atoms with Crippen LogP contribution in [0.5, 0.6) is 0 Å². The summed E-state index contributed by atoms with van der Waals surface area (Å²) < 4.78 is 9.16. The number of aromatic nitrogens is 4. The van der Waals surface area contributed by atoms with Crippen LogP contribution < -0.4 is 5.32 Å². The number of anilines is 1. The minimum absolute atomic E-state index is 0.125. The largest absolute Gasteiger partial charge is 0.467 e. The molecule has 0 radical (unpaired) electrons. The van der Waals surface area contributed by atoms with Gasteiger partial charge in [0.25, 0.3) is 0 Å². The molecular weight excluding hydrogens is 412 g/mol. The number of carbonyl (C=O) groups excluding carboxylic acids is 1. The lowest BCUT2D eigenvalue weighted by molar-refractivity contribution is -0.113. The molecule has 1 amide bonds. The Balaban J connectivity index is 1.51. The normalized spacial score (nSPS) is 10.7. The summed E-state index contributed by atoms with van der Waals surface area (Å²) in [4.78, 5) is 12.8. The number of hydrogen-bond acceptors (Lipinski definition) is 6. The zero-order valence-corrected chi connectivity index (χ0v) is 17.9. The molecule has 1 aromatic carbocycles. The molecular formula is C22H20N6O2S. The summed E-state index contributed by atoms with van der Waals surface area (Å²) >= 11 is 1.28. The van der Waals surface area contributed by atoms with Crippen LogP contribution >= 0.6 is 11.8 Å². The number of hydrogen-bond donors (Lipinski definition) is 1. The van der Waals surface area contributed by atoms with E-state index in [0.29, 0.717) is 23.1 Å². The van der Waals surface area contributed by atoms with Crippen molar-refractivity contribution in [3.05, 3.63) is 77.6 Å². The van der Waals surface area contributed by atoms with Crippen LogP contribution in [0.4, 0.5) is 5.82 Å². The van der Waals surface area contributed by atoms with Crippen molar-refractivity contribution < 1.29 is 9.21 Å². The molecule has 0 unspecified atom stereocenters.